The van der Waals surface area contributed by atoms with Crippen LogP contribution in [0.25, 0.3) is 61.7 Å². The quantitative estimate of drug-likeness (QED) is 0.178. The van der Waals surface area contributed by atoms with Crippen molar-refractivity contribution in [1.29, 1.82) is 0 Å². The van der Waals surface area contributed by atoms with Crippen molar-refractivity contribution < 1.29 is 0 Å². The first-order chi connectivity index (χ1) is 28.9. The van der Waals surface area contributed by atoms with Gasteiger partial charge in [0.05, 0.1) is 16.8 Å². The minimum atomic E-state index is -0.433. The third kappa shape index (κ3) is 5.99. The van der Waals surface area contributed by atoms with E-state index in [9.17, 15) is 0 Å². The van der Waals surface area contributed by atoms with E-state index in [4.69, 9.17) is 9.97 Å². The summed E-state index contributed by atoms with van der Waals surface area (Å²) in [5.41, 5.74) is 20.4. The molecule has 0 saturated carbocycles. The molecule has 1 spiro atoms. The Kier molecular flexibility index (Phi) is 8.92. The molecule has 1 unspecified atom stereocenters. The molecule has 0 bridgehead atoms. The third-order valence-corrected chi connectivity index (χ3v) is 13.1. The molecule has 0 saturated heterocycles. The predicted octanol–water partition coefficient (Wildman–Crippen LogP) is 15.2. The Labute approximate surface area is 356 Å². The number of allylic oxidation sites excluding steroid dienone is 6. The molecule has 0 fully saturated rings. The monoisotopic (exact) mass is 776 g/mol. The Morgan fingerprint density at radius 3 is 1.58 bits per heavy atom. The molecule has 10 rings (SSSR count). The van der Waals surface area contributed by atoms with Gasteiger partial charge in [-0.1, -0.05) is 218 Å². The number of benzene rings is 6. The molecule has 1 heterocycles. The van der Waals surface area contributed by atoms with Gasteiger partial charge in [0.2, 0.25) is 0 Å². The van der Waals surface area contributed by atoms with E-state index in [0.717, 1.165) is 40.3 Å². The summed E-state index contributed by atoms with van der Waals surface area (Å²) in [5.74, 6) is 1.22. The lowest BCUT2D eigenvalue weighted by Crippen LogP contribution is -2.25. The molecule has 294 valence electrons. The number of aromatic nitrogens is 2. The van der Waals surface area contributed by atoms with Gasteiger partial charge in [0.25, 0.3) is 0 Å². The molecule has 60 heavy (non-hydrogen) atoms. The summed E-state index contributed by atoms with van der Waals surface area (Å²) in [4.78, 5) is 10.9. The lowest BCUT2D eigenvalue weighted by atomic mass is 9.70. The second-order valence-electron chi connectivity index (χ2n) is 19.0. The zero-order chi connectivity index (χ0) is 41.4. The minimum absolute atomic E-state index is 0.000756. The van der Waals surface area contributed by atoms with Crippen molar-refractivity contribution in [3.8, 4) is 56.2 Å². The predicted molar refractivity (Wildman–Crippen MR) is 251 cm³/mol. The third-order valence-electron chi connectivity index (χ3n) is 13.1. The molecule has 3 aliphatic rings. The van der Waals surface area contributed by atoms with E-state index in [2.05, 4.69) is 218 Å². The van der Waals surface area contributed by atoms with Gasteiger partial charge in [0.1, 0.15) is 0 Å². The van der Waals surface area contributed by atoms with Crippen LogP contribution in [0.3, 0.4) is 0 Å². The maximum Gasteiger partial charge on any atom is 0.161 e. The van der Waals surface area contributed by atoms with Crippen LogP contribution < -0.4 is 0 Å². The molecular formula is C58H52N2. The highest BCUT2D eigenvalue weighted by atomic mass is 14.9. The molecule has 7 aromatic rings. The maximum atomic E-state index is 5.48. The second kappa shape index (κ2) is 14.1. The molecule has 0 N–H and O–H groups in total. The Morgan fingerprint density at radius 1 is 0.483 bits per heavy atom. The van der Waals surface area contributed by atoms with Crippen molar-refractivity contribution in [2.24, 2.45) is 16.7 Å². The molecule has 1 atom stereocenters. The van der Waals surface area contributed by atoms with E-state index in [0.29, 0.717) is 5.92 Å². The standard InChI is InChI=1S/C58H52N2/c1-37-28-34-47(57(5,6)7)41(33-35-46(37)56(2,3)4)38-29-31-40(32-30-38)53-36-52(39-18-9-8-10-19-39)59-55(60-53)45-23-17-27-51-54(45)44-22-13-16-26-50(44)58(51)48-24-14-11-20-42(48)43-21-12-15-25-49(43)58/h8-27,29-37H,28H2,1-7H3/b41-33-,46-35?,47-34-. The fraction of sp³-hybridized carbons (Fsp3) is 0.207. The zero-order valence-electron chi connectivity index (χ0n) is 35.8. The smallest absolute Gasteiger partial charge is 0.161 e. The van der Waals surface area contributed by atoms with E-state index < -0.39 is 5.41 Å². The van der Waals surface area contributed by atoms with Crippen molar-refractivity contribution in [1.82, 2.24) is 9.97 Å². The van der Waals surface area contributed by atoms with Gasteiger partial charge in [0, 0.05) is 16.7 Å². The fourth-order valence-corrected chi connectivity index (χ4v) is 10.5. The first-order valence-corrected chi connectivity index (χ1v) is 21.6. The van der Waals surface area contributed by atoms with E-state index in [1.54, 1.807) is 0 Å². The van der Waals surface area contributed by atoms with E-state index in [1.165, 1.54) is 66.8 Å². The van der Waals surface area contributed by atoms with Gasteiger partial charge in [-0.2, -0.15) is 0 Å². The van der Waals surface area contributed by atoms with E-state index >= 15 is 0 Å². The largest absolute Gasteiger partial charge is 0.228 e. The van der Waals surface area contributed by atoms with Crippen LogP contribution in [0.4, 0.5) is 0 Å². The summed E-state index contributed by atoms with van der Waals surface area (Å²) in [5, 5.41) is 0. The van der Waals surface area contributed by atoms with Crippen LogP contribution in [-0.4, -0.2) is 9.97 Å². The molecular weight excluding hydrogens is 725 g/mol. The van der Waals surface area contributed by atoms with Gasteiger partial charge < -0.3 is 0 Å². The Morgan fingerprint density at radius 2 is 0.983 bits per heavy atom. The van der Waals surface area contributed by atoms with Crippen LogP contribution in [0.2, 0.25) is 0 Å². The van der Waals surface area contributed by atoms with Crippen LogP contribution in [0, 0.1) is 16.7 Å². The van der Waals surface area contributed by atoms with Gasteiger partial charge in [0.15, 0.2) is 5.82 Å². The zero-order valence-corrected chi connectivity index (χ0v) is 35.8. The van der Waals surface area contributed by atoms with Gasteiger partial charge in [-0.3, -0.25) is 0 Å². The Bertz CT molecular complexity index is 2860. The van der Waals surface area contributed by atoms with Crippen LogP contribution in [0.1, 0.15) is 82.7 Å². The van der Waals surface area contributed by atoms with Crippen molar-refractivity contribution >= 4 is 5.57 Å². The highest BCUT2D eigenvalue weighted by molar-refractivity contribution is 5.99. The van der Waals surface area contributed by atoms with E-state index in [-0.39, 0.29) is 10.8 Å². The summed E-state index contributed by atoms with van der Waals surface area (Å²) in [6.07, 6.45) is 8.31. The summed E-state index contributed by atoms with van der Waals surface area (Å²) < 4.78 is 0. The fourth-order valence-electron chi connectivity index (χ4n) is 10.5. The van der Waals surface area contributed by atoms with Gasteiger partial charge in [-0.15, -0.1) is 0 Å². The van der Waals surface area contributed by atoms with Crippen LogP contribution in [-0.2, 0) is 5.41 Å². The van der Waals surface area contributed by atoms with Gasteiger partial charge in [-0.25, -0.2) is 9.97 Å². The van der Waals surface area contributed by atoms with Crippen molar-refractivity contribution in [2.45, 2.75) is 60.3 Å². The molecule has 2 heteroatoms. The van der Waals surface area contributed by atoms with Crippen LogP contribution in [0.5, 0.6) is 0 Å². The Balaban J connectivity index is 1.15. The van der Waals surface area contributed by atoms with Gasteiger partial charge in [-0.05, 0) is 90.5 Å². The Hall–Kier alpha value is -6.38. The molecule has 0 amide bonds. The van der Waals surface area contributed by atoms with Crippen molar-refractivity contribution in [3.05, 3.63) is 209 Å². The normalized spacial score (nSPS) is 18.2. The first-order valence-electron chi connectivity index (χ1n) is 21.6. The summed E-state index contributed by atoms with van der Waals surface area (Å²) in [7, 11) is 0. The van der Waals surface area contributed by atoms with Crippen LogP contribution >= 0.6 is 0 Å². The van der Waals surface area contributed by atoms with E-state index in [1.807, 2.05) is 0 Å². The lowest BCUT2D eigenvalue weighted by Gasteiger charge is -2.32. The molecule has 6 aromatic carbocycles. The highest BCUT2D eigenvalue weighted by Crippen LogP contribution is 2.63. The second-order valence-corrected chi connectivity index (χ2v) is 19.0. The molecule has 1 aromatic heterocycles. The average Bonchev–Trinajstić information content (AvgIpc) is 3.72. The number of hydrogen-bond donors (Lipinski definition) is 0. The highest BCUT2D eigenvalue weighted by Gasteiger charge is 2.52. The number of nitrogens with zero attached hydrogens (tertiary/aromatic N) is 2. The van der Waals surface area contributed by atoms with Crippen molar-refractivity contribution in [2.75, 3.05) is 0 Å². The average molecular weight is 777 g/mol. The topological polar surface area (TPSA) is 25.8 Å². The minimum Gasteiger partial charge on any atom is -0.228 e. The number of fused-ring (bicyclic) bond motifs is 10. The van der Waals surface area contributed by atoms with Crippen LogP contribution in [0.15, 0.2) is 181 Å². The van der Waals surface area contributed by atoms with Gasteiger partial charge >= 0.3 is 0 Å². The summed E-state index contributed by atoms with van der Waals surface area (Å²) in [6.45, 7) is 16.4. The lowest BCUT2D eigenvalue weighted by molar-refractivity contribution is 0.433. The first kappa shape index (κ1) is 37.9. The summed E-state index contributed by atoms with van der Waals surface area (Å²) in [6, 6.07) is 55.5. The van der Waals surface area contributed by atoms with Crippen molar-refractivity contribution in [3.63, 3.8) is 0 Å². The summed E-state index contributed by atoms with van der Waals surface area (Å²) >= 11 is 0. The number of rotatable bonds is 4. The molecule has 3 aliphatic carbocycles. The number of hydrogen-bond acceptors (Lipinski definition) is 2. The molecule has 0 radical (unpaired) electrons. The molecule has 2 nitrogen and oxygen atoms in total. The SMILES string of the molecule is CC1C/C=C(C(C)(C)C)/C(c2ccc(-c3cc(-c4ccccc4)nc(-c4cccc5c4-c4ccccc4C54c5ccccc5-c5ccccc54)n3)cc2)=C\C=C1C(C)(C)C. The molecule has 0 aliphatic heterocycles. The maximum absolute atomic E-state index is 5.48.